The topological polar surface area (TPSA) is 83.7 Å². The minimum atomic E-state index is -0.0608. The van der Waals surface area contributed by atoms with E-state index in [-0.39, 0.29) is 5.91 Å². The lowest BCUT2D eigenvalue weighted by atomic mass is 10.2. The van der Waals surface area contributed by atoms with Gasteiger partial charge in [0.1, 0.15) is 11.6 Å². The fourth-order valence-corrected chi connectivity index (χ4v) is 2.88. The van der Waals surface area contributed by atoms with E-state index >= 15 is 0 Å². The molecule has 7 heteroatoms. The van der Waals surface area contributed by atoms with Gasteiger partial charge in [-0.1, -0.05) is 6.07 Å². The van der Waals surface area contributed by atoms with Crippen LogP contribution in [0.2, 0.25) is 0 Å². The molecule has 0 aliphatic carbocycles. The van der Waals surface area contributed by atoms with Crippen molar-refractivity contribution in [2.24, 2.45) is 0 Å². The highest BCUT2D eigenvalue weighted by molar-refractivity contribution is 5.94. The summed E-state index contributed by atoms with van der Waals surface area (Å²) in [6.07, 6.45) is 1.80. The van der Waals surface area contributed by atoms with Gasteiger partial charge in [0.15, 0.2) is 0 Å². The van der Waals surface area contributed by atoms with Crippen molar-refractivity contribution in [2.75, 3.05) is 55.8 Å². The summed E-state index contributed by atoms with van der Waals surface area (Å²) in [7, 11) is 1.56. The normalized spacial score (nSPS) is 15.0. The van der Waals surface area contributed by atoms with Gasteiger partial charge in [-0.2, -0.15) is 0 Å². The molecule has 1 aliphatic heterocycles. The number of rotatable bonds is 5. The molecule has 0 radical (unpaired) electrons. The largest absolute Gasteiger partial charge is 0.494 e. The number of anilines is 3. The van der Waals surface area contributed by atoms with Crippen LogP contribution in [0.1, 0.15) is 0 Å². The maximum Gasteiger partial charge on any atom is 0.238 e. The summed E-state index contributed by atoms with van der Waals surface area (Å²) in [6, 6.07) is 11.1. The number of hydrogen-bond donors (Lipinski definition) is 2. The Balaban J connectivity index is 1.51. The Morgan fingerprint density at radius 2 is 2.04 bits per heavy atom. The van der Waals surface area contributed by atoms with Crippen LogP contribution in [-0.4, -0.2) is 55.6 Å². The fraction of sp³-hybridized carbons (Fsp3) is 0.333. The lowest BCUT2D eigenvalue weighted by Crippen LogP contribution is -2.48. The summed E-state index contributed by atoms with van der Waals surface area (Å²) in [5.74, 6) is 1.49. The summed E-state index contributed by atoms with van der Waals surface area (Å²) in [4.78, 5) is 21.1. The fourth-order valence-electron chi connectivity index (χ4n) is 2.88. The van der Waals surface area contributed by atoms with Crippen LogP contribution in [0.4, 0.5) is 17.2 Å². The Morgan fingerprint density at radius 1 is 1.24 bits per heavy atom. The van der Waals surface area contributed by atoms with Crippen molar-refractivity contribution in [1.82, 2.24) is 9.88 Å². The Labute approximate surface area is 147 Å². The van der Waals surface area contributed by atoms with Gasteiger partial charge in [0.05, 0.1) is 19.3 Å². The van der Waals surface area contributed by atoms with Crippen LogP contribution in [0.3, 0.4) is 0 Å². The number of nitrogens with one attached hydrogen (secondary N) is 1. The third kappa shape index (κ3) is 4.39. The van der Waals surface area contributed by atoms with Crippen molar-refractivity contribution in [3.63, 3.8) is 0 Å². The molecule has 1 fully saturated rings. The number of nitrogen functional groups attached to an aromatic ring is 1. The van der Waals surface area contributed by atoms with Gasteiger partial charge in [-0.25, -0.2) is 4.98 Å². The van der Waals surface area contributed by atoms with Crippen LogP contribution in [0.15, 0.2) is 42.6 Å². The smallest absolute Gasteiger partial charge is 0.238 e. The maximum atomic E-state index is 12.3. The Kier molecular flexibility index (Phi) is 5.35. The molecule has 132 valence electrons. The second kappa shape index (κ2) is 7.85. The molecule has 1 aromatic heterocycles. The number of nitrogens with two attached hydrogens (primary N) is 1. The third-order valence-electron chi connectivity index (χ3n) is 4.21. The summed E-state index contributed by atoms with van der Waals surface area (Å²) < 4.78 is 5.26. The van der Waals surface area contributed by atoms with E-state index in [1.54, 1.807) is 31.5 Å². The summed E-state index contributed by atoms with van der Waals surface area (Å²) in [5.41, 5.74) is 6.96. The SMILES string of the molecule is COc1cc(N)ccc1NC(=O)CN1CCN(c2ccccn2)CC1. The highest BCUT2D eigenvalue weighted by Gasteiger charge is 2.20. The number of pyridine rings is 1. The molecule has 1 amide bonds. The van der Waals surface area contributed by atoms with Crippen molar-refractivity contribution < 1.29 is 9.53 Å². The number of amides is 1. The first-order chi connectivity index (χ1) is 12.2. The molecule has 0 atom stereocenters. The average molecular weight is 341 g/mol. The molecule has 0 bridgehead atoms. The maximum absolute atomic E-state index is 12.3. The zero-order valence-corrected chi connectivity index (χ0v) is 14.3. The molecule has 0 spiro atoms. The van der Waals surface area contributed by atoms with E-state index in [1.165, 1.54) is 0 Å². The van der Waals surface area contributed by atoms with Gasteiger partial charge in [-0.15, -0.1) is 0 Å². The molecule has 2 heterocycles. The second-order valence-electron chi connectivity index (χ2n) is 5.96. The number of carbonyl (C=O) groups excluding carboxylic acids is 1. The number of ether oxygens (including phenoxy) is 1. The van der Waals surface area contributed by atoms with E-state index in [2.05, 4.69) is 20.1 Å². The molecule has 7 nitrogen and oxygen atoms in total. The lowest BCUT2D eigenvalue weighted by Gasteiger charge is -2.34. The first-order valence-electron chi connectivity index (χ1n) is 8.27. The van der Waals surface area contributed by atoms with E-state index in [0.29, 0.717) is 23.7 Å². The monoisotopic (exact) mass is 341 g/mol. The van der Waals surface area contributed by atoms with Gasteiger partial charge in [0.25, 0.3) is 0 Å². The molecule has 1 aromatic carbocycles. The van der Waals surface area contributed by atoms with Crippen molar-refractivity contribution in [2.45, 2.75) is 0 Å². The van der Waals surface area contributed by atoms with Gasteiger partial charge >= 0.3 is 0 Å². The predicted molar refractivity (Wildman–Crippen MR) is 98.9 cm³/mol. The second-order valence-corrected chi connectivity index (χ2v) is 5.96. The summed E-state index contributed by atoms with van der Waals surface area (Å²) >= 11 is 0. The first-order valence-corrected chi connectivity index (χ1v) is 8.27. The van der Waals surface area contributed by atoms with Gasteiger partial charge in [0.2, 0.25) is 5.91 Å². The van der Waals surface area contributed by atoms with Gasteiger partial charge in [-0.3, -0.25) is 9.69 Å². The van der Waals surface area contributed by atoms with E-state index < -0.39 is 0 Å². The number of piperazine rings is 1. The highest BCUT2D eigenvalue weighted by Crippen LogP contribution is 2.26. The van der Waals surface area contributed by atoms with E-state index in [0.717, 1.165) is 32.0 Å². The van der Waals surface area contributed by atoms with Crippen LogP contribution in [-0.2, 0) is 4.79 Å². The molecule has 3 rings (SSSR count). The zero-order valence-electron chi connectivity index (χ0n) is 14.3. The summed E-state index contributed by atoms with van der Waals surface area (Å²) in [5, 5.41) is 2.89. The molecule has 1 aliphatic rings. The van der Waals surface area contributed by atoms with Gasteiger partial charge < -0.3 is 20.7 Å². The first kappa shape index (κ1) is 17.0. The average Bonchev–Trinajstić information content (AvgIpc) is 2.64. The number of carbonyl (C=O) groups is 1. The Hall–Kier alpha value is -2.80. The minimum Gasteiger partial charge on any atom is -0.494 e. The number of aromatic nitrogens is 1. The van der Waals surface area contributed by atoms with E-state index in [9.17, 15) is 4.79 Å². The zero-order chi connectivity index (χ0) is 17.6. The van der Waals surface area contributed by atoms with E-state index in [4.69, 9.17) is 10.5 Å². The van der Waals surface area contributed by atoms with Crippen LogP contribution < -0.4 is 20.7 Å². The minimum absolute atomic E-state index is 0.0608. The predicted octanol–water partition coefficient (Wildman–Crippen LogP) is 1.43. The number of benzene rings is 1. The highest BCUT2D eigenvalue weighted by atomic mass is 16.5. The molecule has 0 saturated carbocycles. The summed E-state index contributed by atoms with van der Waals surface area (Å²) in [6.45, 7) is 3.71. The van der Waals surface area contributed by atoms with Crippen LogP contribution in [0, 0.1) is 0 Å². The number of hydrogen-bond acceptors (Lipinski definition) is 6. The quantitative estimate of drug-likeness (QED) is 0.801. The van der Waals surface area contributed by atoms with Crippen LogP contribution in [0.5, 0.6) is 5.75 Å². The standard InChI is InChI=1S/C18H23N5O2/c1-25-16-12-14(19)5-6-15(16)21-18(24)13-22-8-10-23(11-9-22)17-4-2-3-7-20-17/h2-7,12H,8-11,13,19H2,1H3,(H,21,24). The van der Waals surface area contributed by atoms with Crippen molar-refractivity contribution in [1.29, 1.82) is 0 Å². The van der Waals surface area contributed by atoms with Crippen molar-refractivity contribution in [3.05, 3.63) is 42.6 Å². The number of nitrogens with zero attached hydrogens (tertiary/aromatic N) is 3. The molecule has 2 aromatic rings. The number of methoxy groups -OCH3 is 1. The van der Waals surface area contributed by atoms with Crippen LogP contribution >= 0.6 is 0 Å². The molecule has 1 saturated heterocycles. The lowest BCUT2D eigenvalue weighted by molar-refractivity contribution is -0.117. The van der Waals surface area contributed by atoms with Gasteiger partial charge in [0, 0.05) is 44.1 Å². The van der Waals surface area contributed by atoms with Crippen LogP contribution in [0.25, 0.3) is 0 Å². The molecule has 0 unspecified atom stereocenters. The molecular weight excluding hydrogens is 318 g/mol. The Bertz CT molecular complexity index is 715. The van der Waals surface area contributed by atoms with Crippen molar-refractivity contribution >= 4 is 23.1 Å². The van der Waals surface area contributed by atoms with E-state index in [1.807, 2.05) is 18.2 Å². The molecule has 25 heavy (non-hydrogen) atoms. The van der Waals surface area contributed by atoms with Gasteiger partial charge in [-0.05, 0) is 24.3 Å². The van der Waals surface area contributed by atoms with Crippen molar-refractivity contribution in [3.8, 4) is 5.75 Å². The molecule has 3 N–H and O–H groups in total. The third-order valence-corrected chi connectivity index (χ3v) is 4.21. The Morgan fingerprint density at radius 3 is 2.72 bits per heavy atom. The molecular formula is C18H23N5O2.